The van der Waals surface area contributed by atoms with Gasteiger partial charge >= 0.3 is 0 Å². The highest BCUT2D eigenvalue weighted by molar-refractivity contribution is 9.10. The van der Waals surface area contributed by atoms with Crippen LogP contribution in [0.1, 0.15) is 10.4 Å². The summed E-state index contributed by atoms with van der Waals surface area (Å²) in [5, 5.41) is 27.5. The van der Waals surface area contributed by atoms with Crippen LogP contribution in [-0.2, 0) is 4.79 Å². The van der Waals surface area contributed by atoms with Crippen molar-refractivity contribution in [2.45, 2.75) is 0 Å². The van der Waals surface area contributed by atoms with Gasteiger partial charge in [0.1, 0.15) is 0 Å². The Hall–Kier alpha value is -4.12. The highest BCUT2D eigenvalue weighted by Crippen LogP contribution is 2.40. The van der Waals surface area contributed by atoms with Gasteiger partial charge in [-0.1, -0.05) is 28.1 Å². The number of benzene rings is 3. The molecule has 3 rings (SSSR count). The maximum absolute atomic E-state index is 12.7. The number of nitrogens with zero attached hydrogens (tertiary/aromatic N) is 2. The molecule has 0 aliphatic carbocycles. The van der Waals surface area contributed by atoms with E-state index in [9.17, 15) is 29.8 Å². The van der Waals surface area contributed by atoms with Gasteiger partial charge in [-0.25, -0.2) is 0 Å². The molecule has 2 N–H and O–H groups in total. The van der Waals surface area contributed by atoms with Crippen LogP contribution in [0.5, 0.6) is 0 Å². The molecule has 3 aromatic carbocycles. The van der Waals surface area contributed by atoms with Crippen LogP contribution in [0.3, 0.4) is 0 Å². The third-order valence-corrected chi connectivity index (χ3v) is 4.96. The maximum Gasteiger partial charge on any atom is 0.279 e. The molecule has 0 saturated heterocycles. The summed E-state index contributed by atoms with van der Waals surface area (Å²) in [6, 6.07) is 14.1. The van der Waals surface area contributed by atoms with Crippen molar-refractivity contribution < 1.29 is 19.4 Å². The van der Waals surface area contributed by atoms with Crippen LogP contribution >= 0.6 is 15.9 Å². The van der Waals surface area contributed by atoms with E-state index >= 15 is 0 Å². The predicted molar refractivity (Wildman–Crippen MR) is 117 cm³/mol. The molecule has 11 heteroatoms. The molecule has 0 aliphatic heterocycles. The summed E-state index contributed by atoms with van der Waals surface area (Å²) in [5.41, 5.74) is 0.557. The van der Waals surface area contributed by atoms with Crippen molar-refractivity contribution in [3.63, 3.8) is 0 Å². The molecule has 0 unspecified atom stereocenters. The van der Waals surface area contributed by atoms with E-state index in [2.05, 4.69) is 26.6 Å². The summed E-state index contributed by atoms with van der Waals surface area (Å²) >= 11 is 3.33. The molecule has 0 fully saturated rings. The lowest BCUT2D eigenvalue weighted by Gasteiger charge is -2.13. The third kappa shape index (κ3) is 4.73. The van der Waals surface area contributed by atoms with Gasteiger partial charge < -0.3 is 10.6 Å². The smallest absolute Gasteiger partial charge is 0.279 e. The van der Waals surface area contributed by atoms with Crippen LogP contribution in [-0.4, -0.2) is 22.2 Å². The normalized spacial score (nSPS) is 10.2. The summed E-state index contributed by atoms with van der Waals surface area (Å²) < 4.78 is 0.461. The summed E-state index contributed by atoms with van der Waals surface area (Å²) in [7, 11) is 0. The maximum atomic E-state index is 12.7. The second kappa shape index (κ2) is 9.13. The van der Waals surface area contributed by atoms with E-state index < -0.39 is 15.8 Å². The lowest BCUT2D eigenvalue weighted by Crippen LogP contribution is -2.12. The van der Waals surface area contributed by atoms with Crippen LogP contribution in [0.4, 0.5) is 22.7 Å². The summed E-state index contributed by atoms with van der Waals surface area (Å²) in [6.45, 7) is 0. The monoisotopic (exact) mass is 484 g/mol. The fourth-order valence-corrected chi connectivity index (χ4v) is 3.36. The number of nitro benzene ring substituents is 2. The van der Waals surface area contributed by atoms with E-state index in [1.807, 2.05) is 0 Å². The lowest BCUT2D eigenvalue weighted by molar-refractivity contribution is -0.384. The Morgan fingerprint density at radius 2 is 1.71 bits per heavy atom. The number of carbonyl (C=O) groups is 2. The summed E-state index contributed by atoms with van der Waals surface area (Å²) in [5.74, 6) is -0.572. The Morgan fingerprint density at radius 3 is 2.39 bits per heavy atom. The van der Waals surface area contributed by atoms with Crippen LogP contribution in [0.2, 0.25) is 0 Å². The van der Waals surface area contributed by atoms with Crippen molar-refractivity contribution in [2.24, 2.45) is 0 Å². The molecule has 0 atom stereocenters. The number of hydrogen-bond acceptors (Lipinski definition) is 6. The average molecular weight is 485 g/mol. The van der Waals surface area contributed by atoms with Crippen molar-refractivity contribution in [3.05, 3.63) is 90.9 Å². The van der Waals surface area contributed by atoms with Gasteiger partial charge in [-0.15, -0.1) is 0 Å². The fourth-order valence-electron chi connectivity index (χ4n) is 2.92. The van der Waals surface area contributed by atoms with E-state index in [1.165, 1.54) is 54.6 Å². The van der Waals surface area contributed by atoms with Crippen molar-refractivity contribution >= 4 is 51.0 Å². The van der Waals surface area contributed by atoms with Gasteiger partial charge in [-0.3, -0.25) is 29.8 Å². The zero-order valence-corrected chi connectivity index (χ0v) is 17.2. The van der Waals surface area contributed by atoms with Gasteiger partial charge in [0.25, 0.3) is 17.3 Å². The first-order chi connectivity index (χ1) is 14.8. The Balaban J connectivity index is 2.04. The van der Waals surface area contributed by atoms with E-state index in [-0.39, 0.29) is 33.9 Å². The standard InChI is InChI=1S/C20H13BrN4O6/c21-16-8-7-12(20(27)23-13-3-1-4-14(10-13)24(28)29)9-15(16)19-17(22-11-26)5-2-6-18(19)25(30)31/h1-11H,(H,22,26)(H,23,27). The molecule has 10 nitrogen and oxygen atoms in total. The number of non-ortho nitro benzene ring substituents is 1. The van der Waals surface area contributed by atoms with Crippen LogP contribution in [0, 0.1) is 20.2 Å². The van der Waals surface area contributed by atoms with Gasteiger partial charge in [0, 0.05) is 39.5 Å². The number of hydrogen-bond donors (Lipinski definition) is 2. The van der Waals surface area contributed by atoms with Gasteiger partial charge in [0.15, 0.2) is 0 Å². The number of carbonyl (C=O) groups excluding carboxylic acids is 2. The Morgan fingerprint density at radius 1 is 0.968 bits per heavy atom. The second-order valence-corrected chi connectivity index (χ2v) is 7.03. The molecule has 0 spiro atoms. The minimum atomic E-state index is -0.590. The quantitative estimate of drug-likeness (QED) is 0.281. The molecule has 0 bridgehead atoms. The lowest BCUT2D eigenvalue weighted by atomic mass is 9.99. The fraction of sp³-hybridized carbons (Fsp3) is 0. The Labute approximate surface area is 183 Å². The largest absolute Gasteiger partial charge is 0.328 e. The molecule has 31 heavy (non-hydrogen) atoms. The first kappa shape index (κ1) is 21.6. The van der Waals surface area contributed by atoms with Crippen LogP contribution < -0.4 is 10.6 Å². The SMILES string of the molecule is O=CNc1cccc([N+](=O)[O-])c1-c1cc(C(=O)Nc2cccc([N+](=O)[O-])c2)ccc1Br. The molecular weight excluding hydrogens is 472 g/mol. The number of halogens is 1. The van der Waals surface area contributed by atoms with E-state index in [4.69, 9.17) is 0 Å². The second-order valence-electron chi connectivity index (χ2n) is 6.18. The molecule has 3 aromatic rings. The average Bonchev–Trinajstić information content (AvgIpc) is 2.74. The zero-order chi connectivity index (χ0) is 22.5. The number of rotatable bonds is 7. The number of nitro groups is 2. The zero-order valence-electron chi connectivity index (χ0n) is 15.6. The van der Waals surface area contributed by atoms with Crippen molar-refractivity contribution in [1.29, 1.82) is 0 Å². The van der Waals surface area contributed by atoms with Crippen molar-refractivity contribution in [2.75, 3.05) is 10.6 Å². The Bertz CT molecular complexity index is 1210. The molecule has 0 aliphatic rings. The van der Waals surface area contributed by atoms with Gasteiger partial charge in [0.05, 0.1) is 21.1 Å². The predicted octanol–water partition coefficient (Wildman–Crippen LogP) is 4.75. The highest BCUT2D eigenvalue weighted by atomic mass is 79.9. The number of anilines is 2. The van der Waals surface area contributed by atoms with Gasteiger partial charge in [-0.2, -0.15) is 0 Å². The van der Waals surface area contributed by atoms with Crippen LogP contribution in [0.15, 0.2) is 65.1 Å². The van der Waals surface area contributed by atoms with E-state index in [0.29, 0.717) is 16.4 Å². The topological polar surface area (TPSA) is 144 Å². The van der Waals surface area contributed by atoms with Crippen molar-refractivity contribution in [3.8, 4) is 11.1 Å². The molecule has 156 valence electrons. The molecule has 0 radical (unpaired) electrons. The van der Waals surface area contributed by atoms with E-state index in [1.54, 1.807) is 6.07 Å². The third-order valence-electron chi connectivity index (χ3n) is 4.27. The van der Waals surface area contributed by atoms with E-state index in [0.717, 1.165) is 0 Å². The number of amides is 2. The van der Waals surface area contributed by atoms with Crippen molar-refractivity contribution in [1.82, 2.24) is 0 Å². The Kier molecular flexibility index (Phi) is 6.36. The molecular formula is C20H13BrN4O6. The van der Waals surface area contributed by atoms with Gasteiger partial charge in [0.2, 0.25) is 6.41 Å². The minimum Gasteiger partial charge on any atom is -0.328 e. The first-order valence-electron chi connectivity index (χ1n) is 8.65. The molecule has 0 aromatic heterocycles. The number of nitrogens with one attached hydrogen (secondary N) is 2. The molecule has 2 amide bonds. The molecule has 0 saturated carbocycles. The summed E-state index contributed by atoms with van der Waals surface area (Å²) in [6.07, 6.45) is 0.398. The van der Waals surface area contributed by atoms with Gasteiger partial charge in [-0.05, 0) is 30.3 Å². The summed E-state index contributed by atoms with van der Waals surface area (Å²) in [4.78, 5) is 45.0. The highest BCUT2D eigenvalue weighted by Gasteiger charge is 2.22. The minimum absolute atomic E-state index is 0.122. The first-order valence-corrected chi connectivity index (χ1v) is 9.44. The van der Waals surface area contributed by atoms with Crippen LogP contribution in [0.25, 0.3) is 11.1 Å². The molecule has 0 heterocycles.